The van der Waals surface area contributed by atoms with Gasteiger partial charge in [-0.25, -0.2) is 28.0 Å². The summed E-state index contributed by atoms with van der Waals surface area (Å²) in [6, 6.07) is 0. The van der Waals surface area contributed by atoms with E-state index < -0.39 is 64.2 Å². The Morgan fingerprint density at radius 2 is 1.38 bits per heavy atom. The van der Waals surface area contributed by atoms with Gasteiger partial charge in [-0.05, 0) is 61.2 Å². The molecular weight excluding hydrogens is 1180 g/mol. The number of esters is 3. The minimum atomic E-state index is -0.840. The molecule has 0 amide bonds. The molecule has 4 heterocycles. The molecule has 2 aromatic heterocycles. The quantitative estimate of drug-likeness (QED) is 0.194. The Kier molecular flexibility index (Phi) is 23.3. The molecule has 4 fully saturated rings. The summed E-state index contributed by atoms with van der Waals surface area (Å²) in [4.78, 5) is 66.5. The number of carbonyl (C=O) groups excluding carboxylic acids is 3. The Hall–Kier alpha value is -1.56. The summed E-state index contributed by atoms with van der Waals surface area (Å²) in [6.07, 6.45) is 6.40. The van der Waals surface area contributed by atoms with Gasteiger partial charge in [-0.1, -0.05) is 54.4 Å². The average Bonchev–Trinajstić information content (AvgIpc) is 3.86. The number of nitrogens with one attached hydrogen (secondary N) is 1. The number of H-pyrrole nitrogens is 1. The van der Waals surface area contributed by atoms with Gasteiger partial charge in [0, 0.05) is 12.7 Å². The third-order valence-electron chi connectivity index (χ3n) is 10.5. The van der Waals surface area contributed by atoms with Crippen molar-refractivity contribution in [3.05, 3.63) is 45.0 Å². The number of hydrogen-bond acceptors (Lipinski definition) is 16. The number of rotatable bonds is 8. The number of ether oxygens (including phenoxy) is 5. The van der Waals surface area contributed by atoms with E-state index in [1.54, 1.807) is 0 Å². The van der Waals surface area contributed by atoms with Gasteiger partial charge in [0.2, 0.25) is 17.2 Å². The van der Waals surface area contributed by atoms with Crippen molar-refractivity contribution in [2.75, 3.05) is 23.0 Å². The van der Waals surface area contributed by atoms with Crippen molar-refractivity contribution >= 4 is 90.3 Å². The Bertz CT molecular complexity index is 1870. The van der Waals surface area contributed by atoms with Crippen LogP contribution in [0, 0.1) is 47.1 Å². The molecule has 2 aliphatic carbocycles. The molecule has 5 N–H and O–H groups in total. The Morgan fingerprint density at radius 3 is 1.85 bits per heavy atom. The van der Waals surface area contributed by atoms with Crippen LogP contribution < -0.4 is 36.1 Å². The van der Waals surface area contributed by atoms with E-state index >= 15 is 0 Å². The molecule has 0 aromatic carbocycles. The number of halogens is 5. The van der Waals surface area contributed by atoms with Crippen molar-refractivity contribution in [2.45, 2.75) is 123 Å². The molecule has 2 saturated heterocycles. The number of anilines is 2. The van der Waals surface area contributed by atoms with Crippen LogP contribution in [-0.4, -0.2) is 78.3 Å². The molecule has 10 atom stereocenters. The zero-order valence-electron chi connectivity index (χ0n) is 35.0. The SMILES string of the molecule is CC(=O)O[C@H]1CS[C@H](C(=O)O[C@@H]2C[C@H](C)CCC2C(C)C)O1.CC(C)[C@@H]1CC[C@@H](C)C[C@H]1OC(=O)[C@@H]1O[C@H](n2cc(F)c(N)nc2=O)CS1.I[I-]I.Nc1[nH]c(=O)ncc1F. The van der Waals surface area contributed by atoms with E-state index in [1.807, 2.05) is 4.98 Å². The first-order chi connectivity index (χ1) is 28.7. The molecule has 346 valence electrons. The standard InChI is InChI=1S/C18H26FN3O4S.C16H26O5S.C4H4FN3O.I3/c1-9(2)11-5-4-10(3)6-13(11)25-16(23)17-26-14(8-27-17)22-7-12(19)15(20)21-18(22)24;1-9(2)12-6-5-10(3)7-13(12)20-15(18)16-21-14(8-22-16)19-11(4)17;5-2-1-7-4(9)8-3(2)6;1-3-2/h7,9-11,13-14,17H,4-6,8H2,1-3H3,(H2,20,21,24);9-10,12-14,16H,5-8H2,1-4H3;1H,(H3,6,7,8,9);/q;;;-1/t10-,11+,13-,14+,17-;10-,12?,13-,14-,16-;;/m11../s1. The zero-order chi connectivity index (χ0) is 45.6. The fraction of sp³-hybridized carbons (Fsp3) is 0.711. The van der Waals surface area contributed by atoms with Crippen molar-refractivity contribution in [3.63, 3.8) is 0 Å². The first-order valence-corrected chi connectivity index (χ1v) is 34.4. The minimum Gasteiger partial charge on any atom is -0.383 e. The van der Waals surface area contributed by atoms with Gasteiger partial charge in [-0.2, -0.15) is 9.97 Å². The number of carbonyl (C=O) groups is 3. The molecule has 61 heavy (non-hydrogen) atoms. The fourth-order valence-corrected chi connectivity index (χ4v) is 9.23. The smallest absolute Gasteiger partial charge is 0.346 e. The summed E-state index contributed by atoms with van der Waals surface area (Å²) in [5.41, 5.74) is 7.36. The second kappa shape index (κ2) is 26.4. The molecule has 0 bridgehead atoms. The van der Waals surface area contributed by atoms with Crippen LogP contribution in [0.2, 0.25) is 0 Å². The summed E-state index contributed by atoms with van der Waals surface area (Å²) >= 11 is 7.86. The molecular formula is C38H56F2I3N6O10S2-. The van der Waals surface area contributed by atoms with Crippen molar-refractivity contribution in [1.82, 2.24) is 19.5 Å². The normalized spacial score (nSPS) is 28.3. The van der Waals surface area contributed by atoms with Gasteiger partial charge in [0.05, 0.1) is 18.1 Å². The second-order valence-corrected chi connectivity index (χ2v) is 34.3. The second-order valence-electron chi connectivity index (χ2n) is 15.9. The van der Waals surface area contributed by atoms with Crippen LogP contribution in [0.3, 0.4) is 0 Å². The number of aromatic nitrogens is 4. The summed E-state index contributed by atoms with van der Waals surface area (Å²) in [5, 5.41) is 0. The Balaban J connectivity index is 0.000000260. The van der Waals surface area contributed by atoms with Crippen LogP contribution in [0.5, 0.6) is 0 Å². The van der Waals surface area contributed by atoms with Gasteiger partial charge in [0.1, 0.15) is 24.3 Å². The van der Waals surface area contributed by atoms with Gasteiger partial charge in [0.25, 0.3) is 0 Å². The van der Waals surface area contributed by atoms with E-state index in [-0.39, 0.29) is 24.0 Å². The van der Waals surface area contributed by atoms with E-state index in [0.717, 1.165) is 49.1 Å². The number of thioether (sulfide) groups is 2. The predicted molar refractivity (Wildman–Crippen MR) is 242 cm³/mol. The van der Waals surface area contributed by atoms with Crippen LogP contribution in [0.1, 0.15) is 93.2 Å². The van der Waals surface area contributed by atoms with E-state index in [2.05, 4.69) is 88.7 Å². The number of nitrogens with two attached hydrogens (primary N) is 2. The molecule has 23 heteroatoms. The maximum atomic E-state index is 13.6. The molecule has 4 aliphatic rings. The van der Waals surface area contributed by atoms with E-state index in [0.29, 0.717) is 60.3 Å². The number of aromatic amines is 1. The summed E-state index contributed by atoms with van der Waals surface area (Å²) in [5.74, 6) is 0.129. The first-order valence-electron chi connectivity index (χ1n) is 19.8. The fourth-order valence-electron chi connectivity index (χ4n) is 7.38. The zero-order valence-corrected chi connectivity index (χ0v) is 43.1. The van der Waals surface area contributed by atoms with Crippen molar-refractivity contribution in [2.24, 2.45) is 35.5 Å². The summed E-state index contributed by atoms with van der Waals surface area (Å²) in [7, 11) is 0. The first kappa shape index (κ1) is 53.8. The average molecular weight is 1240 g/mol. The van der Waals surface area contributed by atoms with Crippen LogP contribution >= 0.6 is 60.8 Å². The molecule has 16 nitrogen and oxygen atoms in total. The third kappa shape index (κ3) is 17.4. The van der Waals surface area contributed by atoms with E-state index in [1.165, 1.54) is 36.9 Å². The van der Waals surface area contributed by atoms with Crippen LogP contribution in [0.15, 0.2) is 22.0 Å². The molecule has 0 spiro atoms. The molecule has 2 aromatic rings. The van der Waals surface area contributed by atoms with Gasteiger partial charge < -0.3 is 35.2 Å². The van der Waals surface area contributed by atoms with E-state index in [9.17, 15) is 32.8 Å². The Morgan fingerprint density at radius 1 is 0.869 bits per heavy atom. The Labute approximate surface area is 392 Å². The molecule has 1 unspecified atom stereocenters. The van der Waals surface area contributed by atoms with E-state index in [4.69, 9.17) is 35.2 Å². The van der Waals surface area contributed by atoms with Crippen LogP contribution in [-0.2, 0) is 38.1 Å². The third-order valence-corrected chi connectivity index (χ3v) is 12.7. The molecule has 0 radical (unpaired) electrons. The summed E-state index contributed by atoms with van der Waals surface area (Å²) in [6.45, 7) is 14.4. The topological polar surface area (TPSA) is 230 Å². The summed E-state index contributed by atoms with van der Waals surface area (Å²) < 4.78 is 54.4. The number of nitrogens with zero attached hydrogens (tertiary/aromatic N) is 3. The maximum Gasteiger partial charge on any atom is 0.346 e. The minimum absolute atomic E-state index is 0.0341. The van der Waals surface area contributed by atoms with Crippen molar-refractivity contribution < 1.29 is 60.1 Å². The molecule has 2 aliphatic heterocycles. The van der Waals surface area contributed by atoms with Crippen molar-refractivity contribution in [3.8, 4) is 0 Å². The monoisotopic (exact) mass is 1240 g/mol. The molecule has 2 saturated carbocycles. The van der Waals surface area contributed by atoms with Crippen molar-refractivity contribution in [1.29, 1.82) is 0 Å². The van der Waals surface area contributed by atoms with Gasteiger partial charge >= 0.3 is 79.8 Å². The van der Waals surface area contributed by atoms with Crippen LogP contribution in [0.4, 0.5) is 20.4 Å². The van der Waals surface area contributed by atoms with Gasteiger partial charge in [-0.15, -0.1) is 23.5 Å². The van der Waals surface area contributed by atoms with Gasteiger partial charge in [-0.3, -0.25) is 14.3 Å². The predicted octanol–water partition coefficient (Wildman–Crippen LogP) is 3.79. The number of nitrogen functional groups attached to an aromatic ring is 2. The number of hydrogen-bond donors (Lipinski definition) is 3. The molecule has 6 rings (SSSR count). The maximum absolute atomic E-state index is 13.6. The largest absolute Gasteiger partial charge is 0.383 e. The van der Waals surface area contributed by atoms with Gasteiger partial charge in [0.15, 0.2) is 17.5 Å². The van der Waals surface area contributed by atoms with Crippen LogP contribution in [0.25, 0.3) is 0 Å².